The topological polar surface area (TPSA) is 110 Å². The highest BCUT2D eigenvalue weighted by Gasteiger charge is 2.20. The number of hydrogen-bond donors (Lipinski definition) is 5. The lowest BCUT2D eigenvalue weighted by Gasteiger charge is -2.33. The Balaban J connectivity index is 1.35. The van der Waals surface area contributed by atoms with Crippen LogP contribution in [0, 0.1) is 0 Å². The summed E-state index contributed by atoms with van der Waals surface area (Å²) >= 11 is 0. The zero-order valence-electron chi connectivity index (χ0n) is 20.0. The largest absolute Gasteiger partial charge is 0.508 e. The van der Waals surface area contributed by atoms with Crippen molar-refractivity contribution in [2.24, 2.45) is 0 Å². The summed E-state index contributed by atoms with van der Waals surface area (Å²) in [6.07, 6.45) is 0. The predicted octanol–water partition coefficient (Wildman–Crippen LogP) is 4.29. The molecule has 1 aliphatic rings. The van der Waals surface area contributed by atoms with Gasteiger partial charge in [0.25, 0.3) is 0 Å². The van der Waals surface area contributed by atoms with Crippen LogP contribution in [0.15, 0.2) is 72.8 Å². The number of aromatic hydroxyl groups is 2. The van der Waals surface area contributed by atoms with E-state index in [1.54, 1.807) is 24.3 Å². The molecule has 0 spiro atoms. The molecule has 0 bridgehead atoms. The maximum atomic E-state index is 12.5. The summed E-state index contributed by atoms with van der Waals surface area (Å²) in [4.78, 5) is 19.5. The molecule has 3 aromatic carbocycles. The van der Waals surface area contributed by atoms with Gasteiger partial charge >= 0.3 is 0 Å². The smallest absolute Gasteiger partial charge is 0.238 e. The minimum absolute atomic E-state index is 0.0323. The summed E-state index contributed by atoms with van der Waals surface area (Å²) in [5.41, 5.74) is 3.94. The molecule has 1 aliphatic heterocycles. The van der Waals surface area contributed by atoms with Crippen LogP contribution in [0.3, 0.4) is 0 Å². The van der Waals surface area contributed by atoms with Gasteiger partial charge < -0.3 is 26.2 Å². The number of nitrogens with one attached hydrogen (secondary N) is 3. The maximum Gasteiger partial charge on any atom is 0.238 e. The molecule has 36 heavy (non-hydrogen) atoms. The van der Waals surface area contributed by atoms with Crippen LogP contribution in [0.5, 0.6) is 11.5 Å². The van der Waals surface area contributed by atoms with Crippen LogP contribution >= 0.6 is 0 Å². The van der Waals surface area contributed by atoms with E-state index in [-0.39, 0.29) is 17.4 Å². The van der Waals surface area contributed by atoms with Gasteiger partial charge in [-0.15, -0.1) is 0 Å². The third-order valence-corrected chi connectivity index (χ3v) is 6.40. The standard InChI is InChI=1S/C28H29N5O3/c1-18-16-29-12-13-33(18)17-27(36)30-21-5-7-22(8-6-21)31-28-25(19-2-9-23(34)10-3-19)14-20-4-11-24(35)15-26(20)32-28/h2-11,14-15,18,29,34-35H,12-13,16-17H2,1H3,(H,30,36)(H,31,32). The molecule has 8 nitrogen and oxygen atoms in total. The molecule has 184 valence electrons. The van der Waals surface area contributed by atoms with Gasteiger partial charge in [-0.05, 0) is 67.1 Å². The summed E-state index contributed by atoms with van der Waals surface area (Å²) < 4.78 is 0. The SMILES string of the molecule is CC1CNCCN1CC(=O)Nc1ccc(Nc2nc3cc(O)ccc3cc2-c2ccc(O)cc2)cc1. The fourth-order valence-corrected chi connectivity index (χ4v) is 4.39. The van der Waals surface area contributed by atoms with E-state index in [0.29, 0.717) is 23.9 Å². The number of rotatable bonds is 6. The molecule has 0 aliphatic carbocycles. The second-order valence-corrected chi connectivity index (χ2v) is 9.08. The fraction of sp³-hybridized carbons (Fsp3) is 0.214. The fourth-order valence-electron chi connectivity index (χ4n) is 4.39. The molecule has 1 unspecified atom stereocenters. The highest BCUT2D eigenvalue weighted by atomic mass is 16.3. The lowest BCUT2D eigenvalue weighted by molar-refractivity contribution is -0.118. The van der Waals surface area contributed by atoms with Gasteiger partial charge in [0.05, 0.1) is 12.1 Å². The van der Waals surface area contributed by atoms with E-state index < -0.39 is 0 Å². The first kappa shape index (κ1) is 23.6. The number of hydrogen-bond acceptors (Lipinski definition) is 7. The Morgan fingerprint density at radius 2 is 1.72 bits per heavy atom. The number of carbonyl (C=O) groups is 1. The van der Waals surface area contributed by atoms with Crippen LogP contribution in [0.4, 0.5) is 17.2 Å². The number of phenols is 2. The molecule has 1 atom stereocenters. The number of aromatic nitrogens is 1. The van der Waals surface area contributed by atoms with Crippen LogP contribution in [0.25, 0.3) is 22.0 Å². The van der Waals surface area contributed by atoms with Gasteiger partial charge in [-0.2, -0.15) is 0 Å². The Bertz CT molecular complexity index is 1370. The number of nitrogens with zero attached hydrogens (tertiary/aromatic N) is 2. The molecule has 0 saturated carbocycles. The summed E-state index contributed by atoms with van der Waals surface area (Å²) in [6.45, 7) is 5.13. The quantitative estimate of drug-likeness (QED) is 0.278. The number of anilines is 3. The van der Waals surface area contributed by atoms with Gasteiger partial charge in [0.2, 0.25) is 5.91 Å². The number of piperazine rings is 1. The zero-order valence-corrected chi connectivity index (χ0v) is 20.0. The predicted molar refractivity (Wildman–Crippen MR) is 143 cm³/mol. The second kappa shape index (κ2) is 10.2. The molecule has 1 fully saturated rings. The third kappa shape index (κ3) is 5.40. The van der Waals surface area contributed by atoms with Crippen molar-refractivity contribution in [3.8, 4) is 22.6 Å². The maximum absolute atomic E-state index is 12.5. The Morgan fingerprint density at radius 3 is 2.47 bits per heavy atom. The van der Waals surface area contributed by atoms with Crippen molar-refractivity contribution >= 4 is 34.0 Å². The first-order valence-electron chi connectivity index (χ1n) is 12.0. The Labute approximate surface area is 209 Å². The Hall–Kier alpha value is -4.14. The highest BCUT2D eigenvalue weighted by molar-refractivity contribution is 5.93. The van der Waals surface area contributed by atoms with Crippen molar-refractivity contribution in [1.82, 2.24) is 15.2 Å². The van der Waals surface area contributed by atoms with Gasteiger partial charge in [0.1, 0.15) is 17.3 Å². The lowest BCUT2D eigenvalue weighted by Crippen LogP contribution is -2.51. The molecule has 5 rings (SSSR count). The van der Waals surface area contributed by atoms with Crippen LogP contribution in [-0.4, -0.2) is 58.2 Å². The van der Waals surface area contributed by atoms with Crippen LogP contribution in [0.2, 0.25) is 0 Å². The van der Waals surface area contributed by atoms with Crippen molar-refractivity contribution in [3.05, 3.63) is 72.8 Å². The summed E-state index contributed by atoms with van der Waals surface area (Å²) in [5.74, 6) is 0.919. The third-order valence-electron chi connectivity index (χ3n) is 6.40. The molecule has 2 heterocycles. The van der Waals surface area contributed by atoms with Gasteiger partial charge in [-0.3, -0.25) is 9.69 Å². The first-order chi connectivity index (χ1) is 17.4. The van der Waals surface area contributed by atoms with Crippen molar-refractivity contribution in [3.63, 3.8) is 0 Å². The average molecular weight is 484 g/mol. The van der Waals surface area contributed by atoms with E-state index in [1.807, 2.05) is 48.5 Å². The number of pyridine rings is 1. The molecule has 8 heteroatoms. The van der Waals surface area contributed by atoms with Crippen LogP contribution in [-0.2, 0) is 4.79 Å². The molecule has 1 amide bonds. The van der Waals surface area contributed by atoms with E-state index in [2.05, 4.69) is 27.8 Å². The minimum atomic E-state index is -0.0323. The molecule has 1 saturated heterocycles. The van der Waals surface area contributed by atoms with Crippen molar-refractivity contribution in [2.75, 3.05) is 36.8 Å². The molecular formula is C28H29N5O3. The van der Waals surface area contributed by atoms with Gasteiger partial charge in [-0.1, -0.05) is 12.1 Å². The van der Waals surface area contributed by atoms with Gasteiger partial charge in [0.15, 0.2) is 0 Å². The van der Waals surface area contributed by atoms with Gasteiger partial charge in [0, 0.05) is 54.1 Å². The highest BCUT2D eigenvalue weighted by Crippen LogP contribution is 2.34. The minimum Gasteiger partial charge on any atom is -0.508 e. The molecular weight excluding hydrogens is 454 g/mol. The van der Waals surface area contributed by atoms with Crippen molar-refractivity contribution in [2.45, 2.75) is 13.0 Å². The first-order valence-corrected chi connectivity index (χ1v) is 12.0. The molecule has 4 aromatic rings. The monoisotopic (exact) mass is 483 g/mol. The summed E-state index contributed by atoms with van der Waals surface area (Å²) in [5, 5.41) is 30.2. The average Bonchev–Trinajstić information content (AvgIpc) is 2.87. The number of phenolic OH excluding ortho intramolecular Hbond substituents is 2. The number of carbonyl (C=O) groups excluding carboxylic acids is 1. The number of benzene rings is 3. The number of fused-ring (bicyclic) bond motifs is 1. The summed E-state index contributed by atoms with van der Waals surface area (Å²) in [7, 11) is 0. The lowest BCUT2D eigenvalue weighted by atomic mass is 10.0. The summed E-state index contributed by atoms with van der Waals surface area (Å²) in [6, 6.07) is 21.8. The number of amides is 1. The van der Waals surface area contributed by atoms with E-state index in [1.165, 1.54) is 0 Å². The Morgan fingerprint density at radius 1 is 1.00 bits per heavy atom. The molecule has 5 N–H and O–H groups in total. The van der Waals surface area contributed by atoms with Crippen LogP contribution < -0.4 is 16.0 Å². The molecule has 1 aromatic heterocycles. The van der Waals surface area contributed by atoms with Crippen molar-refractivity contribution in [1.29, 1.82) is 0 Å². The van der Waals surface area contributed by atoms with E-state index >= 15 is 0 Å². The zero-order chi connectivity index (χ0) is 25.1. The molecule has 0 radical (unpaired) electrons. The van der Waals surface area contributed by atoms with Crippen LogP contribution in [0.1, 0.15) is 6.92 Å². The normalized spacial score (nSPS) is 16.1. The van der Waals surface area contributed by atoms with Gasteiger partial charge in [-0.25, -0.2) is 4.98 Å². The van der Waals surface area contributed by atoms with E-state index in [0.717, 1.165) is 47.5 Å². The van der Waals surface area contributed by atoms with Crippen molar-refractivity contribution < 1.29 is 15.0 Å². The Kier molecular flexibility index (Phi) is 6.71. The van der Waals surface area contributed by atoms with E-state index in [9.17, 15) is 15.0 Å². The van der Waals surface area contributed by atoms with E-state index in [4.69, 9.17) is 4.98 Å². The second-order valence-electron chi connectivity index (χ2n) is 9.08.